The molecule has 0 bridgehead atoms. The zero-order valence-electron chi connectivity index (χ0n) is 19.5. The number of ether oxygens (including phenoxy) is 2. The Bertz CT molecular complexity index is 943. The van der Waals surface area contributed by atoms with Gasteiger partial charge < -0.3 is 19.7 Å². The van der Waals surface area contributed by atoms with Gasteiger partial charge >= 0.3 is 0 Å². The third-order valence-corrected chi connectivity index (χ3v) is 6.05. The summed E-state index contributed by atoms with van der Waals surface area (Å²) in [6.45, 7) is 8.65. The van der Waals surface area contributed by atoms with E-state index in [0.29, 0.717) is 31.6 Å². The van der Waals surface area contributed by atoms with Gasteiger partial charge in [-0.2, -0.15) is 0 Å². The maximum absolute atomic E-state index is 13.4. The fourth-order valence-electron chi connectivity index (χ4n) is 3.82. The smallest absolute Gasteiger partial charge is 0.243 e. The summed E-state index contributed by atoms with van der Waals surface area (Å²) in [4.78, 5) is 28.2. The molecule has 0 fully saturated rings. The van der Waals surface area contributed by atoms with Crippen LogP contribution in [0, 0.1) is 6.92 Å². The number of hydrogen-bond acceptors (Lipinski definition) is 4. The van der Waals surface area contributed by atoms with Gasteiger partial charge in [-0.15, -0.1) is 0 Å². The summed E-state index contributed by atoms with van der Waals surface area (Å²) in [6.07, 6.45) is 2.30. The van der Waals surface area contributed by atoms with Crippen molar-refractivity contribution in [1.82, 2.24) is 10.2 Å². The van der Waals surface area contributed by atoms with Crippen molar-refractivity contribution in [3.05, 3.63) is 59.2 Å². The van der Waals surface area contributed by atoms with Crippen LogP contribution in [0.2, 0.25) is 0 Å². The van der Waals surface area contributed by atoms with Crippen LogP contribution in [-0.4, -0.2) is 35.6 Å². The number of amides is 2. The predicted octanol–water partition coefficient (Wildman–Crippen LogP) is 4.38. The molecular formula is C26H34N2O4. The van der Waals surface area contributed by atoms with Crippen molar-refractivity contribution < 1.29 is 19.1 Å². The highest BCUT2D eigenvalue weighted by molar-refractivity contribution is 5.88. The van der Waals surface area contributed by atoms with Crippen molar-refractivity contribution in [1.29, 1.82) is 0 Å². The maximum atomic E-state index is 13.4. The fourth-order valence-corrected chi connectivity index (χ4v) is 3.82. The molecular weight excluding hydrogens is 404 g/mol. The average Bonchev–Trinajstić information content (AvgIpc) is 3.26. The SMILES string of the molecule is CCC(C)NC(=O)C(CC)N(Cc1ccccc1C)C(=O)CCc1ccc2c(c1)OCO2. The third kappa shape index (κ3) is 5.81. The molecule has 6 heteroatoms. The van der Waals surface area contributed by atoms with Crippen LogP contribution in [0.4, 0.5) is 0 Å². The third-order valence-electron chi connectivity index (χ3n) is 6.05. The highest BCUT2D eigenvalue weighted by atomic mass is 16.7. The number of rotatable bonds is 10. The van der Waals surface area contributed by atoms with Crippen LogP contribution in [-0.2, 0) is 22.6 Å². The quantitative estimate of drug-likeness (QED) is 0.598. The van der Waals surface area contributed by atoms with E-state index in [4.69, 9.17) is 9.47 Å². The molecule has 2 unspecified atom stereocenters. The lowest BCUT2D eigenvalue weighted by Gasteiger charge is -2.32. The van der Waals surface area contributed by atoms with E-state index < -0.39 is 6.04 Å². The van der Waals surface area contributed by atoms with E-state index in [0.717, 1.165) is 28.9 Å². The van der Waals surface area contributed by atoms with Gasteiger partial charge in [-0.3, -0.25) is 9.59 Å². The molecule has 1 aliphatic rings. The highest BCUT2D eigenvalue weighted by Gasteiger charge is 2.29. The van der Waals surface area contributed by atoms with Gasteiger partial charge in [0, 0.05) is 19.0 Å². The van der Waals surface area contributed by atoms with Gasteiger partial charge in [-0.1, -0.05) is 44.2 Å². The average molecular weight is 439 g/mol. The Labute approximate surface area is 190 Å². The van der Waals surface area contributed by atoms with Crippen LogP contribution in [0.1, 0.15) is 56.7 Å². The molecule has 6 nitrogen and oxygen atoms in total. The number of benzene rings is 2. The van der Waals surface area contributed by atoms with Crippen LogP contribution >= 0.6 is 0 Å². The molecule has 0 saturated carbocycles. The first-order valence-electron chi connectivity index (χ1n) is 11.5. The Morgan fingerprint density at radius 2 is 1.81 bits per heavy atom. The Hall–Kier alpha value is -3.02. The van der Waals surface area contributed by atoms with Gasteiger partial charge in [0.15, 0.2) is 11.5 Å². The van der Waals surface area contributed by atoms with Gasteiger partial charge in [0.1, 0.15) is 6.04 Å². The molecule has 0 radical (unpaired) electrons. The lowest BCUT2D eigenvalue weighted by atomic mass is 10.0. The normalized spacial score (nSPS) is 14.0. The Kier molecular flexibility index (Phi) is 8.14. The molecule has 0 aliphatic carbocycles. The lowest BCUT2D eigenvalue weighted by Crippen LogP contribution is -2.50. The first kappa shape index (κ1) is 23.6. The van der Waals surface area contributed by atoms with E-state index in [1.807, 2.05) is 70.2 Å². The van der Waals surface area contributed by atoms with Gasteiger partial charge in [-0.25, -0.2) is 0 Å². The molecule has 172 valence electrons. The van der Waals surface area contributed by atoms with E-state index in [9.17, 15) is 9.59 Å². The van der Waals surface area contributed by atoms with E-state index in [-0.39, 0.29) is 24.6 Å². The Morgan fingerprint density at radius 3 is 2.53 bits per heavy atom. The minimum atomic E-state index is -0.507. The summed E-state index contributed by atoms with van der Waals surface area (Å²) in [7, 11) is 0. The zero-order valence-corrected chi connectivity index (χ0v) is 19.5. The highest BCUT2D eigenvalue weighted by Crippen LogP contribution is 2.32. The predicted molar refractivity (Wildman–Crippen MR) is 125 cm³/mol. The van der Waals surface area contributed by atoms with Gasteiger partial charge in [0.05, 0.1) is 0 Å². The number of nitrogens with zero attached hydrogens (tertiary/aromatic N) is 1. The summed E-state index contributed by atoms with van der Waals surface area (Å²) in [6, 6.07) is 13.3. The van der Waals surface area contributed by atoms with Crippen LogP contribution in [0.25, 0.3) is 0 Å². The first-order chi connectivity index (χ1) is 15.4. The van der Waals surface area contributed by atoms with Crippen molar-refractivity contribution in [2.24, 2.45) is 0 Å². The summed E-state index contributed by atoms with van der Waals surface area (Å²) >= 11 is 0. The molecule has 1 heterocycles. The minimum absolute atomic E-state index is 0.0305. The van der Waals surface area contributed by atoms with Crippen LogP contribution in [0.15, 0.2) is 42.5 Å². The second kappa shape index (κ2) is 11.0. The van der Waals surface area contributed by atoms with Crippen molar-refractivity contribution in [2.75, 3.05) is 6.79 Å². The Balaban J connectivity index is 1.77. The van der Waals surface area contributed by atoms with E-state index in [2.05, 4.69) is 5.32 Å². The van der Waals surface area contributed by atoms with Gasteiger partial charge in [0.25, 0.3) is 0 Å². The van der Waals surface area contributed by atoms with Crippen molar-refractivity contribution in [3.8, 4) is 11.5 Å². The summed E-state index contributed by atoms with van der Waals surface area (Å²) in [5.41, 5.74) is 3.17. The number of carbonyl (C=O) groups is 2. The van der Waals surface area contributed by atoms with Gasteiger partial charge in [-0.05, 0) is 61.9 Å². The number of hydrogen-bond donors (Lipinski definition) is 1. The van der Waals surface area contributed by atoms with Crippen molar-refractivity contribution >= 4 is 11.8 Å². The molecule has 1 aliphatic heterocycles. The van der Waals surface area contributed by atoms with E-state index in [1.165, 1.54) is 0 Å². The van der Waals surface area contributed by atoms with Crippen LogP contribution in [0.5, 0.6) is 11.5 Å². The molecule has 3 rings (SSSR count). The summed E-state index contributed by atoms with van der Waals surface area (Å²) < 4.78 is 10.8. The second-order valence-corrected chi connectivity index (χ2v) is 8.38. The largest absolute Gasteiger partial charge is 0.454 e. The molecule has 32 heavy (non-hydrogen) atoms. The number of fused-ring (bicyclic) bond motifs is 1. The monoisotopic (exact) mass is 438 g/mol. The molecule has 2 aromatic rings. The molecule has 2 amide bonds. The topological polar surface area (TPSA) is 67.9 Å². The first-order valence-corrected chi connectivity index (χ1v) is 11.5. The lowest BCUT2D eigenvalue weighted by molar-refractivity contribution is -0.141. The van der Waals surface area contributed by atoms with E-state index in [1.54, 1.807) is 4.90 Å². The maximum Gasteiger partial charge on any atom is 0.243 e. The molecule has 1 N–H and O–H groups in total. The molecule has 0 spiro atoms. The number of aryl methyl sites for hydroxylation is 2. The second-order valence-electron chi connectivity index (χ2n) is 8.38. The number of carbonyl (C=O) groups excluding carboxylic acids is 2. The zero-order chi connectivity index (χ0) is 23.1. The van der Waals surface area contributed by atoms with Crippen LogP contribution in [0.3, 0.4) is 0 Å². The molecule has 0 saturated heterocycles. The number of nitrogens with one attached hydrogen (secondary N) is 1. The molecule has 2 aromatic carbocycles. The fraction of sp³-hybridized carbons (Fsp3) is 0.462. The van der Waals surface area contributed by atoms with Gasteiger partial charge in [0.2, 0.25) is 18.6 Å². The molecule has 2 atom stereocenters. The summed E-state index contributed by atoms with van der Waals surface area (Å²) in [5.74, 6) is 1.32. The van der Waals surface area contributed by atoms with E-state index >= 15 is 0 Å². The van der Waals surface area contributed by atoms with Crippen molar-refractivity contribution in [2.45, 2.75) is 72.0 Å². The molecule has 0 aromatic heterocycles. The summed E-state index contributed by atoms with van der Waals surface area (Å²) in [5, 5.41) is 3.06. The van der Waals surface area contributed by atoms with Crippen molar-refractivity contribution in [3.63, 3.8) is 0 Å². The van der Waals surface area contributed by atoms with Crippen LogP contribution < -0.4 is 14.8 Å². The Morgan fingerprint density at radius 1 is 1.06 bits per heavy atom. The minimum Gasteiger partial charge on any atom is -0.454 e. The standard InChI is InChI=1S/C26H34N2O4/c1-5-19(4)27-26(30)22(6-2)28(16-21-10-8-7-9-18(21)3)25(29)14-12-20-11-13-23-24(15-20)32-17-31-23/h7-11,13,15,19,22H,5-6,12,14,16-17H2,1-4H3,(H,27,30).